The van der Waals surface area contributed by atoms with E-state index in [1.165, 1.54) is 30.2 Å². The van der Waals surface area contributed by atoms with Crippen molar-refractivity contribution in [3.05, 3.63) is 11.5 Å². The molecule has 0 aliphatic rings. The van der Waals surface area contributed by atoms with Crippen molar-refractivity contribution in [1.29, 1.82) is 0 Å². The molecule has 2 aromatic heterocycles. The smallest absolute Gasteiger partial charge is 0.378 e. The van der Waals surface area contributed by atoms with Crippen LogP contribution in [0.2, 0.25) is 0 Å². The number of ether oxygens (including phenoxy) is 1. The lowest BCUT2D eigenvalue weighted by molar-refractivity contribution is -0.144. The molecule has 0 aromatic carbocycles. The Kier molecular flexibility index (Phi) is 3.74. The van der Waals surface area contributed by atoms with Crippen LogP contribution >= 0.6 is 23.1 Å². The number of aromatic nitrogens is 3. The average molecular weight is 295 g/mol. The van der Waals surface area contributed by atoms with Crippen molar-refractivity contribution in [2.75, 3.05) is 13.4 Å². The fraction of sp³-hybridized carbons (Fsp3) is 0.444. The van der Waals surface area contributed by atoms with Gasteiger partial charge in [0, 0.05) is 7.11 Å². The van der Waals surface area contributed by atoms with E-state index in [1.807, 2.05) is 0 Å². The summed E-state index contributed by atoms with van der Waals surface area (Å²) < 4.78 is 43.9. The van der Waals surface area contributed by atoms with E-state index < -0.39 is 12.0 Å². The first-order valence-electron chi connectivity index (χ1n) is 4.73. The lowest BCUT2D eigenvalue weighted by Gasteiger charge is -2.06. The number of hydrogen-bond acceptors (Lipinski definition) is 6. The number of hydrogen-bond donors (Lipinski definition) is 0. The van der Waals surface area contributed by atoms with Crippen LogP contribution in [-0.2, 0) is 17.5 Å². The number of fused-ring (bicyclic) bond motifs is 1. The van der Waals surface area contributed by atoms with Gasteiger partial charge in [0.05, 0.1) is 17.0 Å². The molecule has 2 aromatic rings. The number of rotatable bonds is 3. The third-order valence-corrected chi connectivity index (χ3v) is 4.09. The first kappa shape index (κ1) is 13.5. The molecule has 0 aliphatic heterocycles. The third-order valence-electron chi connectivity index (χ3n) is 2.01. The molecule has 0 atom stereocenters. The van der Waals surface area contributed by atoms with Gasteiger partial charge in [-0.25, -0.2) is 15.0 Å². The molecule has 0 bridgehead atoms. The van der Waals surface area contributed by atoms with Gasteiger partial charge < -0.3 is 4.74 Å². The summed E-state index contributed by atoms with van der Waals surface area (Å²) in [5, 5.41) is 0. The molecule has 0 saturated carbocycles. The van der Waals surface area contributed by atoms with Gasteiger partial charge in [0.2, 0.25) is 5.82 Å². The fourth-order valence-corrected chi connectivity index (χ4v) is 2.78. The van der Waals surface area contributed by atoms with Gasteiger partial charge in [0.1, 0.15) is 0 Å². The van der Waals surface area contributed by atoms with Crippen LogP contribution in [0.1, 0.15) is 11.5 Å². The quantitative estimate of drug-likeness (QED) is 0.815. The summed E-state index contributed by atoms with van der Waals surface area (Å²) in [7, 11) is 1.40. The number of halogens is 3. The highest BCUT2D eigenvalue weighted by Crippen LogP contribution is 2.33. The number of nitrogens with zero attached hydrogens (tertiary/aromatic N) is 3. The van der Waals surface area contributed by atoms with E-state index in [0.29, 0.717) is 9.04 Å². The Bertz CT molecular complexity index is 570. The highest BCUT2D eigenvalue weighted by atomic mass is 32.2. The zero-order valence-electron chi connectivity index (χ0n) is 9.41. The second kappa shape index (κ2) is 4.98. The standard InChI is InChI=1S/C9H8F3N3OS2/c1-16-3-4-5-6(15-8(17-2)18-5)14-7(13-4)9(10,11)12/h3H2,1-2H3. The molecule has 2 rings (SSSR count). The molecule has 18 heavy (non-hydrogen) atoms. The van der Waals surface area contributed by atoms with Crippen LogP contribution < -0.4 is 0 Å². The summed E-state index contributed by atoms with van der Waals surface area (Å²) in [5.74, 6) is -1.18. The molecule has 0 aliphatic carbocycles. The Morgan fingerprint density at radius 1 is 1.28 bits per heavy atom. The fourth-order valence-electron chi connectivity index (χ4n) is 1.31. The zero-order valence-corrected chi connectivity index (χ0v) is 11.0. The van der Waals surface area contributed by atoms with Crippen molar-refractivity contribution in [2.24, 2.45) is 0 Å². The molecule has 0 fully saturated rings. The summed E-state index contributed by atoms with van der Waals surface area (Å²) in [6.45, 7) is -0.00187. The van der Waals surface area contributed by atoms with Gasteiger partial charge in [-0.05, 0) is 6.26 Å². The van der Waals surface area contributed by atoms with Crippen LogP contribution in [0, 0.1) is 0 Å². The number of methoxy groups -OCH3 is 1. The van der Waals surface area contributed by atoms with Crippen LogP contribution in [0.25, 0.3) is 10.3 Å². The number of thioether (sulfide) groups is 1. The summed E-state index contributed by atoms with van der Waals surface area (Å²) in [6.07, 6.45) is -2.79. The first-order valence-corrected chi connectivity index (χ1v) is 6.77. The van der Waals surface area contributed by atoms with Gasteiger partial charge in [-0.15, -0.1) is 11.3 Å². The van der Waals surface area contributed by atoms with Crippen LogP contribution in [-0.4, -0.2) is 28.3 Å². The molecule has 0 spiro atoms. The van der Waals surface area contributed by atoms with E-state index >= 15 is 0 Å². The van der Waals surface area contributed by atoms with Crippen LogP contribution in [0.3, 0.4) is 0 Å². The largest absolute Gasteiger partial charge is 0.451 e. The summed E-state index contributed by atoms with van der Waals surface area (Å²) in [5.41, 5.74) is 0.284. The lowest BCUT2D eigenvalue weighted by Crippen LogP contribution is -2.13. The summed E-state index contributed by atoms with van der Waals surface area (Å²) in [4.78, 5) is 11.0. The molecule has 0 unspecified atom stereocenters. The van der Waals surface area contributed by atoms with Crippen LogP contribution in [0.4, 0.5) is 13.2 Å². The van der Waals surface area contributed by atoms with Crippen molar-refractivity contribution in [1.82, 2.24) is 15.0 Å². The van der Waals surface area contributed by atoms with E-state index in [2.05, 4.69) is 15.0 Å². The molecular weight excluding hydrogens is 287 g/mol. The molecule has 98 valence electrons. The van der Waals surface area contributed by atoms with E-state index in [9.17, 15) is 13.2 Å². The molecule has 0 N–H and O–H groups in total. The van der Waals surface area contributed by atoms with Gasteiger partial charge in [-0.2, -0.15) is 13.2 Å². The Balaban J connectivity index is 2.64. The average Bonchev–Trinajstić information content (AvgIpc) is 2.71. The Hall–Kier alpha value is -0.930. The maximum atomic E-state index is 12.6. The predicted octanol–water partition coefficient (Wildman–Crippen LogP) is 2.97. The second-order valence-electron chi connectivity index (χ2n) is 3.26. The van der Waals surface area contributed by atoms with Crippen molar-refractivity contribution >= 4 is 33.4 Å². The van der Waals surface area contributed by atoms with Crippen molar-refractivity contribution in [2.45, 2.75) is 17.1 Å². The Morgan fingerprint density at radius 2 is 2.00 bits per heavy atom. The Morgan fingerprint density at radius 3 is 2.56 bits per heavy atom. The molecule has 0 amide bonds. The highest BCUT2D eigenvalue weighted by molar-refractivity contribution is 8.00. The minimum atomic E-state index is -4.58. The summed E-state index contributed by atoms with van der Waals surface area (Å²) in [6, 6.07) is 0. The van der Waals surface area contributed by atoms with Gasteiger partial charge in [-0.3, -0.25) is 0 Å². The monoisotopic (exact) mass is 295 g/mol. The van der Waals surface area contributed by atoms with Gasteiger partial charge in [-0.1, -0.05) is 11.8 Å². The zero-order chi connectivity index (χ0) is 13.3. The number of alkyl halides is 3. The first-order chi connectivity index (χ1) is 8.45. The van der Waals surface area contributed by atoms with E-state index in [-0.39, 0.29) is 17.9 Å². The van der Waals surface area contributed by atoms with Gasteiger partial charge in [0.25, 0.3) is 0 Å². The maximum absolute atomic E-state index is 12.6. The molecule has 9 heteroatoms. The van der Waals surface area contributed by atoms with Crippen molar-refractivity contribution < 1.29 is 17.9 Å². The normalized spacial score (nSPS) is 12.3. The summed E-state index contributed by atoms with van der Waals surface area (Å²) >= 11 is 2.61. The Labute approximate surface area is 109 Å². The number of thiazole rings is 1. The minimum Gasteiger partial charge on any atom is -0.378 e. The van der Waals surface area contributed by atoms with Gasteiger partial charge >= 0.3 is 6.18 Å². The van der Waals surface area contributed by atoms with Crippen LogP contribution in [0.5, 0.6) is 0 Å². The predicted molar refractivity (Wildman–Crippen MR) is 62.7 cm³/mol. The highest BCUT2D eigenvalue weighted by Gasteiger charge is 2.36. The molecule has 0 saturated heterocycles. The lowest BCUT2D eigenvalue weighted by atomic mass is 10.4. The van der Waals surface area contributed by atoms with E-state index in [0.717, 1.165) is 0 Å². The minimum absolute atomic E-state index is 0.00187. The van der Waals surface area contributed by atoms with E-state index in [1.54, 1.807) is 6.26 Å². The molecular formula is C9H8F3N3OS2. The molecule has 2 heterocycles. The SMILES string of the molecule is COCc1nc(C(F)(F)F)nc2nc(SC)sc12. The molecule has 4 nitrogen and oxygen atoms in total. The van der Waals surface area contributed by atoms with Gasteiger partial charge in [0.15, 0.2) is 9.99 Å². The topological polar surface area (TPSA) is 47.9 Å². The van der Waals surface area contributed by atoms with Crippen molar-refractivity contribution in [3.63, 3.8) is 0 Å². The van der Waals surface area contributed by atoms with Crippen LogP contribution in [0.15, 0.2) is 4.34 Å². The van der Waals surface area contributed by atoms with Crippen molar-refractivity contribution in [3.8, 4) is 0 Å². The second-order valence-corrected chi connectivity index (χ2v) is 5.31. The maximum Gasteiger partial charge on any atom is 0.451 e. The van der Waals surface area contributed by atoms with E-state index in [4.69, 9.17) is 4.74 Å². The molecule has 0 radical (unpaired) electrons. The third kappa shape index (κ3) is 2.57.